The van der Waals surface area contributed by atoms with Crippen LogP contribution in [0.1, 0.15) is 49.4 Å². The number of furan rings is 1. The Balaban J connectivity index is 1.37. The van der Waals surface area contributed by atoms with Crippen LogP contribution in [0, 0.1) is 6.92 Å². The van der Waals surface area contributed by atoms with E-state index in [0.717, 1.165) is 0 Å². The number of rotatable bonds is 7. The minimum atomic E-state index is -1.14. The number of nitrogens with zero attached hydrogens (tertiary/aromatic N) is 3. The number of aromatic nitrogens is 3. The van der Waals surface area contributed by atoms with Gasteiger partial charge in [-0.3, -0.25) is 0 Å². The van der Waals surface area contributed by atoms with Gasteiger partial charge in [-0.1, -0.05) is 181 Å². The van der Waals surface area contributed by atoms with E-state index in [1.165, 1.54) is 6.92 Å². The maximum atomic E-state index is 9.87. The number of hydrogen-bond acceptors (Lipinski definition) is 4. The maximum Gasteiger partial charge on any atom is 0.164 e. The lowest BCUT2D eigenvalue weighted by molar-refractivity contribution is 0.671. The standard InChI is InChI=1S/C52H35N3O/c1-34-14-11-21-40(30-34)36-26-28-39(29-27-36)51-53-50(38-19-9-4-10-20-38)54-52(55-51)42-23-12-22-41(31-42)44-24-13-25-45-47-33-43(35-15-5-2-6-16-35)32-46(49(47)56-48(44)45)37-17-7-3-8-18-37/h2-33H,1H3/i2D,3D,4D,5D,6D,7D,8D,9D,10D,11D,12D,13D,14D,15D,16D,17D,18D,19D,20D,21D,22D,23D,24D,25D,26D,27D,28D,29D,30D,31D,32D,33D. The summed E-state index contributed by atoms with van der Waals surface area (Å²) in [6.45, 7) is 1.27. The van der Waals surface area contributed by atoms with Crippen LogP contribution in [0.2, 0.25) is 0 Å². The number of fused-ring (bicyclic) bond motifs is 3. The van der Waals surface area contributed by atoms with Gasteiger partial charge in [-0.2, -0.15) is 0 Å². The van der Waals surface area contributed by atoms with Gasteiger partial charge in [-0.25, -0.2) is 15.0 Å². The third-order valence-corrected chi connectivity index (χ3v) is 8.04. The first kappa shape index (κ1) is 13.7. The van der Waals surface area contributed by atoms with Gasteiger partial charge in [0.05, 0.1) is 43.9 Å². The van der Waals surface area contributed by atoms with E-state index in [0.29, 0.717) is 0 Å². The van der Waals surface area contributed by atoms with E-state index in [2.05, 4.69) is 15.0 Å². The van der Waals surface area contributed by atoms with Crippen molar-refractivity contribution in [3.05, 3.63) is 199 Å². The molecule has 56 heavy (non-hydrogen) atoms. The summed E-state index contributed by atoms with van der Waals surface area (Å²) >= 11 is 0. The molecule has 0 unspecified atom stereocenters. The van der Waals surface area contributed by atoms with Gasteiger partial charge in [0.2, 0.25) is 0 Å². The molecule has 2 aromatic heterocycles. The predicted octanol–water partition coefficient (Wildman–Crippen LogP) is 13.7. The van der Waals surface area contributed by atoms with Gasteiger partial charge < -0.3 is 4.42 Å². The van der Waals surface area contributed by atoms with Crippen molar-refractivity contribution in [2.24, 2.45) is 0 Å². The van der Waals surface area contributed by atoms with Crippen LogP contribution < -0.4 is 0 Å². The van der Waals surface area contributed by atoms with Crippen LogP contribution in [0.15, 0.2) is 198 Å². The molecule has 264 valence electrons. The highest BCUT2D eigenvalue weighted by Crippen LogP contribution is 2.43. The zero-order chi connectivity index (χ0) is 65.3. The second kappa shape index (κ2) is 14.1. The van der Waals surface area contributed by atoms with Crippen LogP contribution in [0.25, 0.3) is 101 Å². The van der Waals surface area contributed by atoms with Crippen LogP contribution in [-0.4, -0.2) is 15.0 Å². The lowest BCUT2D eigenvalue weighted by Gasteiger charge is -2.10. The second-order valence-corrected chi connectivity index (χ2v) is 11.6. The Bertz CT molecular complexity index is 4760. The summed E-state index contributed by atoms with van der Waals surface area (Å²) in [4.78, 5) is 12.9. The van der Waals surface area contributed by atoms with Crippen molar-refractivity contribution < 1.29 is 48.3 Å². The molecule has 0 aliphatic heterocycles. The minimum absolute atomic E-state index is 0.151. The molecule has 0 amide bonds. The normalized spacial score (nSPS) is 19.3. The molecule has 10 aromatic rings. The molecule has 0 atom stereocenters. The molecule has 8 aromatic carbocycles. The Morgan fingerprint density at radius 1 is 0.339 bits per heavy atom. The SMILES string of the molecule is [2H]c1c([2H])c([2H])c(-c2nc(-c3c([2H])c([2H])c(-c4c([2H])c([2H])c([2H])c(C)c4[2H])c([2H])c3[2H])nc(-c3c([2H])c([2H])c([2H])c(-c4c([2H])c([2H])c([2H])c5c4oc4c(-c6c([2H])c([2H])c([2H])c([2H])c6[2H])c([2H])c(-c6c([2H])c([2H])c([2H])c([2H])c6[2H])c([2H])c45)c3[2H])n2)c([2H])c1[2H]. The molecule has 0 bridgehead atoms. The van der Waals surface area contributed by atoms with Crippen molar-refractivity contribution in [3.8, 4) is 78.7 Å². The molecule has 0 saturated heterocycles. The van der Waals surface area contributed by atoms with Crippen LogP contribution in [0.4, 0.5) is 0 Å². The Hall–Kier alpha value is -7.43. The lowest BCUT2D eigenvalue weighted by atomic mass is 9.95. The van der Waals surface area contributed by atoms with E-state index in [-0.39, 0.29) is 5.56 Å². The zero-order valence-electron chi connectivity index (χ0n) is 60.2. The van der Waals surface area contributed by atoms with Crippen LogP contribution >= 0.6 is 0 Å². The molecule has 4 heteroatoms. The van der Waals surface area contributed by atoms with Crippen molar-refractivity contribution >= 4 is 21.9 Å². The monoisotopic (exact) mass is 749 g/mol. The summed E-state index contributed by atoms with van der Waals surface area (Å²) < 4.78 is 291. The van der Waals surface area contributed by atoms with E-state index in [1.54, 1.807) is 0 Å². The first-order valence-corrected chi connectivity index (χ1v) is 16.2. The van der Waals surface area contributed by atoms with Crippen molar-refractivity contribution in [1.29, 1.82) is 0 Å². The van der Waals surface area contributed by atoms with E-state index >= 15 is 0 Å². The third kappa shape index (κ3) is 6.23. The van der Waals surface area contributed by atoms with Gasteiger partial charge >= 0.3 is 0 Å². The molecule has 0 aliphatic rings. The van der Waals surface area contributed by atoms with E-state index < -0.39 is 294 Å². The van der Waals surface area contributed by atoms with Gasteiger partial charge in [0.1, 0.15) is 11.2 Å². The van der Waals surface area contributed by atoms with E-state index in [4.69, 9.17) is 34.6 Å². The average Bonchev–Trinajstić information content (AvgIpc) is 1.47. The van der Waals surface area contributed by atoms with Crippen LogP contribution in [0.3, 0.4) is 0 Å². The molecule has 0 aliphatic carbocycles. The summed E-state index contributed by atoms with van der Waals surface area (Å²) in [5, 5.41) is -1.41. The first-order chi connectivity index (χ1) is 41.0. The molecule has 0 saturated carbocycles. The summed E-state index contributed by atoms with van der Waals surface area (Å²) in [7, 11) is 0. The number of para-hydroxylation sites is 1. The second-order valence-electron chi connectivity index (χ2n) is 11.6. The predicted molar refractivity (Wildman–Crippen MR) is 230 cm³/mol. The third-order valence-electron chi connectivity index (χ3n) is 8.04. The summed E-state index contributed by atoms with van der Waals surface area (Å²) in [5.74, 6) is -2.85. The average molecular weight is 750 g/mol. The Morgan fingerprint density at radius 2 is 0.839 bits per heavy atom. The highest BCUT2D eigenvalue weighted by Gasteiger charge is 2.19. The van der Waals surface area contributed by atoms with Crippen molar-refractivity contribution in [2.45, 2.75) is 6.92 Å². The van der Waals surface area contributed by atoms with Crippen molar-refractivity contribution in [1.82, 2.24) is 15.0 Å². The fraction of sp³-hybridized carbons (Fsp3) is 0.0192. The fourth-order valence-electron chi connectivity index (χ4n) is 5.57. The summed E-state index contributed by atoms with van der Waals surface area (Å²) in [6, 6.07) is -30.6. The smallest absolute Gasteiger partial charge is 0.164 e. The van der Waals surface area contributed by atoms with Gasteiger partial charge in [0.25, 0.3) is 0 Å². The molecule has 4 nitrogen and oxygen atoms in total. The van der Waals surface area contributed by atoms with Crippen molar-refractivity contribution in [2.75, 3.05) is 0 Å². The minimum Gasteiger partial charge on any atom is -0.455 e. The molecular formula is C52H35N3O. The van der Waals surface area contributed by atoms with Gasteiger partial charge in [0.15, 0.2) is 17.5 Å². The highest BCUT2D eigenvalue weighted by atomic mass is 16.3. The van der Waals surface area contributed by atoms with Crippen molar-refractivity contribution in [3.63, 3.8) is 0 Å². The molecule has 0 N–H and O–H groups in total. The summed E-state index contributed by atoms with van der Waals surface area (Å²) in [6.07, 6.45) is 0. The molecule has 0 radical (unpaired) electrons. The largest absolute Gasteiger partial charge is 0.455 e. The Kier molecular flexibility index (Phi) is 3.45. The molecule has 2 heterocycles. The molecule has 0 spiro atoms. The lowest BCUT2D eigenvalue weighted by Crippen LogP contribution is -2.00. The van der Waals surface area contributed by atoms with Gasteiger partial charge in [-0.05, 0) is 58.4 Å². The maximum absolute atomic E-state index is 9.87. The zero-order valence-corrected chi connectivity index (χ0v) is 28.2. The van der Waals surface area contributed by atoms with E-state index in [9.17, 15) is 13.7 Å². The Labute approximate surface area is 370 Å². The Morgan fingerprint density at radius 3 is 1.55 bits per heavy atom. The molecule has 10 rings (SSSR count). The van der Waals surface area contributed by atoms with E-state index in [1.807, 2.05) is 0 Å². The highest BCUT2D eigenvalue weighted by molar-refractivity contribution is 6.14. The quantitative estimate of drug-likeness (QED) is 0.163. The summed E-state index contributed by atoms with van der Waals surface area (Å²) in [5.41, 5.74) is -10.8. The molecule has 0 fully saturated rings. The number of benzene rings is 8. The number of hydrogen-bond donors (Lipinski definition) is 0. The van der Waals surface area contributed by atoms with Crippen LogP contribution in [0.5, 0.6) is 0 Å². The topological polar surface area (TPSA) is 51.8 Å². The first-order valence-electron chi connectivity index (χ1n) is 32.2. The van der Waals surface area contributed by atoms with Gasteiger partial charge in [0, 0.05) is 38.6 Å². The fourth-order valence-corrected chi connectivity index (χ4v) is 5.57. The van der Waals surface area contributed by atoms with Crippen LogP contribution in [-0.2, 0) is 0 Å². The molecular weight excluding hydrogens is 683 g/mol. The van der Waals surface area contributed by atoms with Gasteiger partial charge in [-0.15, -0.1) is 0 Å².